The fourth-order valence-corrected chi connectivity index (χ4v) is 2.91. The summed E-state index contributed by atoms with van der Waals surface area (Å²) in [5, 5.41) is 6.64. The summed E-state index contributed by atoms with van der Waals surface area (Å²) >= 11 is 0. The Morgan fingerprint density at radius 3 is 2.52 bits per heavy atom. The van der Waals surface area contributed by atoms with Crippen molar-refractivity contribution in [3.8, 4) is 22.8 Å². The quantitative estimate of drug-likeness (QED) is 0.591. The standard InChI is InChI=1S/C20H20F3N3O3/c1-3-13(4-2)25-19(27)16-17(26-29-18(16)24)15-9-8-14(28-15)11-6-5-7-12(10-11)20(21,22)23/h5-10,13H,3-4,24H2,1-2H3,(H,25,27). The number of carbonyl (C=O) groups excluding carboxylic acids is 1. The van der Waals surface area contributed by atoms with Gasteiger partial charge in [-0.1, -0.05) is 31.1 Å². The third-order valence-electron chi connectivity index (χ3n) is 4.58. The zero-order chi connectivity index (χ0) is 21.2. The lowest BCUT2D eigenvalue weighted by Crippen LogP contribution is -2.34. The van der Waals surface area contributed by atoms with Crippen LogP contribution in [0.3, 0.4) is 0 Å². The number of hydrogen-bond donors (Lipinski definition) is 2. The maximum Gasteiger partial charge on any atom is 0.416 e. The number of carbonyl (C=O) groups is 1. The maximum atomic E-state index is 12.9. The first kappa shape index (κ1) is 20.5. The first-order valence-corrected chi connectivity index (χ1v) is 9.08. The largest absolute Gasteiger partial charge is 0.454 e. The van der Waals surface area contributed by atoms with Gasteiger partial charge in [0, 0.05) is 11.6 Å². The highest BCUT2D eigenvalue weighted by atomic mass is 19.4. The van der Waals surface area contributed by atoms with Crippen LogP contribution in [0.2, 0.25) is 0 Å². The number of nitrogens with two attached hydrogens (primary N) is 1. The molecule has 0 aliphatic rings. The normalized spacial score (nSPS) is 11.8. The molecule has 2 heterocycles. The van der Waals surface area contributed by atoms with Crippen LogP contribution in [0.25, 0.3) is 22.8 Å². The Labute approximate surface area is 164 Å². The van der Waals surface area contributed by atoms with Crippen LogP contribution in [0.15, 0.2) is 45.3 Å². The number of alkyl halides is 3. The second kappa shape index (κ2) is 8.02. The molecule has 0 bridgehead atoms. The number of halogens is 3. The third-order valence-corrected chi connectivity index (χ3v) is 4.58. The maximum absolute atomic E-state index is 12.9. The number of benzene rings is 1. The zero-order valence-electron chi connectivity index (χ0n) is 15.8. The van der Waals surface area contributed by atoms with E-state index in [1.54, 1.807) is 0 Å². The number of amides is 1. The van der Waals surface area contributed by atoms with E-state index in [2.05, 4.69) is 10.5 Å². The molecule has 29 heavy (non-hydrogen) atoms. The van der Waals surface area contributed by atoms with Crippen molar-refractivity contribution in [3.05, 3.63) is 47.5 Å². The van der Waals surface area contributed by atoms with Crippen molar-refractivity contribution in [3.63, 3.8) is 0 Å². The number of nitrogens with one attached hydrogen (secondary N) is 1. The van der Waals surface area contributed by atoms with E-state index < -0.39 is 17.6 Å². The summed E-state index contributed by atoms with van der Waals surface area (Å²) in [6, 6.07) is 7.71. The summed E-state index contributed by atoms with van der Waals surface area (Å²) in [5.74, 6) is -0.267. The summed E-state index contributed by atoms with van der Waals surface area (Å²) in [4.78, 5) is 12.6. The Morgan fingerprint density at radius 2 is 1.86 bits per heavy atom. The van der Waals surface area contributed by atoms with Crippen LogP contribution in [0.5, 0.6) is 0 Å². The van der Waals surface area contributed by atoms with Crippen LogP contribution >= 0.6 is 0 Å². The zero-order valence-corrected chi connectivity index (χ0v) is 15.8. The topological polar surface area (TPSA) is 94.3 Å². The van der Waals surface area contributed by atoms with Gasteiger partial charge in [0.2, 0.25) is 5.88 Å². The molecular weight excluding hydrogens is 387 g/mol. The van der Waals surface area contributed by atoms with E-state index in [0.717, 1.165) is 25.0 Å². The van der Waals surface area contributed by atoms with Crippen LogP contribution < -0.4 is 11.1 Å². The highest BCUT2D eigenvalue weighted by Crippen LogP contribution is 2.35. The molecule has 0 aliphatic carbocycles. The van der Waals surface area contributed by atoms with Crippen molar-refractivity contribution < 1.29 is 26.9 Å². The monoisotopic (exact) mass is 407 g/mol. The van der Waals surface area contributed by atoms with E-state index in [-0.39, 0.29) is 40.3 Å². The van der Waals surface area contributed by atoms with E-state index in [9.17, 15) is 18.0 Å². The summed E-state index contributed by atoms with van der Waals surface area (Å²) in [6.07, 6.45) is -2.99. The molecule has 1 amide bonds. The minimum atomic E-state index is -4.47. The van der Waals surface area contributed by atoms with Gasteiger partial charge in [0.25, 0.3) is 5.91 Å². The number of rotatable bonds is 6. The van der Waals surface area contributed by atoms with Gasteiger partial charge in [0.05, 0.1) is 5.56 Å². The van der Waals surface area contributed by atoms with Gasteiger partial charge >= 0.3 is 6.18 Å². The molecular formula is C20H20F3N3O3. The molecule has 0 radical (unpaired) electrons. The molecule has 0 spiro atoms. The Hall–Kier alpha value is -3.23. The van der Waals surface area contributed by atoms with Crippen molar-refractivity contribution >= 4 is 11.8 Å². The van der Waals surface area contributed by atoms with Crippen LogP contribution in [-0.2, 0) is 6.18 Å². The van der Waals surface area contributed by atoms with E-state index in [1.807, 2.05) is 13.8 Å². The molecule has 0 unspecified atom stereocenters. The van der Waals surface area contributed by atoms with Gasteiger partial charge in [-0.25, -0.2) is 0 Å². The van der Waals surface area contributed by atoms with E-state index >= 15 is 0 Å². The van der Waals surface area contributed by atoms with Crippen molar-refractivity contribution in [2.24, 2.45) is 0 Å². The number of furan rings is 1. The summed E-state index contributed by atoms with van der Waals surface area (Å²) in [5.41, 5.74) is 5.34. The number of anilines is 1. The van der Waals surface area contributed by atoms with Gasteiger partial charge in [0.1, 0.15) is 11.3 Å². The van der Waals surface area contributed by atoms with Gasteiger partial charge in [-0.3, -0.25) is 4.79 Å². The van der Waals surface area contributed by atoms with Gasteiger partial charge < -0.3 is 20.0 Å². The SMILES string of the molecule is CCC(CC)NC(=O)c1c(-c2ccc(-c3cccc(C(F)(F)F)c3)o2)noc1N. The first-order chi connectivity index (χ1) is 13.7. The molecule has 0 atom stereocenters. The van der Waals surface area contributed by atoms with Gasteiger partial charge in [-0.2, -0.15) is 13.2 Å². The van der Waals surface area contributed by atoms with E-state index in [0.29, 0.717) is 0 Å². The molecule has 0 saturated heterocycles. The highest BCUT2D eigenvalue weighted by Gasteiger charge is 2.31. The first-order valence-electron chi connectivity index (χ1n) is 9.08. The number of nitrogen functional groups attached to an aromatic ring is 1. The molecule has 3 aromatic rings. The Kier molecular flexibility index (Phi) is 5.67. The molecule has 3 rings (SSSR count). The predicted molar refractivity (Wildman–Crippen MR) is 101 cm³/mol. The lowest BCUT2D eigenvalue weighted by atomic mass is 10.1. The fourth-order valence-electron chi connectivity index (χ4n) is 2.91. The van der Waals surface area contributed by atoms with Gasteiger partial charge in [0.15, 0.2) is 11.5 Å². The lowest BCUT2D eigenvalue weighted by molar-refractivity contribution is -0.137. The van der Waals surface area contributed by atoms with Gasteiger partial charge in [-0.05, 0) is 37.1 Å². The molecule has 2 aromatic heterocycles. The van der Waals surface area contributed by atoms with Crippen LogP contribution in [0.1, 0.15) is 42.6 Å². The summed E-state index contributed by atoms with van der Waals surface area (Å²) < 4.78 is 49.5. The minimum Gasteiger partial charge on any atom is -0.454 e. The Bertz CT molecular complexity index is 1000. The summed E-state index contributed by atoms with van der Waals surface area (Å²) in [6.45, 7) is 3.89. The van der Waals surface area contributed by atoms with Crippen LogP contribution in [-0.4, -0.2) is 17.1 Å². The molecule has 0 fully saturated rings. The second-order valence-electron chi connectivity index (χ2n) is 6.50. The average Bonchev–Trinajstić information content (AvgIpc) is 3.32. The Balaban J connectivity index is 1.93. The predicted octanol–water partition coefficient (Wildman–Crippen LogP) is 5.12. The molecule has 1 aromatic carbocycles. The third kappa shape index (κ3) is 4.28. The van der Waals surface area contributed by atoms with Crippen LogP contribution in [0, 0.1) is 0 Å². The molecule has 9 heteroatoms. The molecule has 3 N–H and O–H groups in total. The van der Waals surface area contributed by atoms with Crippen molar-refractivity contribution in [1.82, 2.24) is 10.5 Å². The number of nitrogens with zero attached hydrogens (tertiary/aromatic N) is 1. The van der Waals surface area contributed by atoms with Crippen LogP contribution in [0.4, 0.5) is 19.1 Å². The van der Waals surface area contributed by atoms with E-state index in [1.165, 1.54) is 24.3 Å². The average molecular weight is 407 g/mol. The minimum absolute atomic E-state index is 0.0295. The molecule has 0 saturated carbocycles. The number of aromatic nitrogens is 1. The van der Waals surface area contributed by atoms with Gasteiger partial charge in [-0.15, -0.1) is 0 Å². The molecule has 154 valence electrons. The van der Waals surface area contributed by atoms with E-state index in [4.69, 9.17) is 14.7 Å². The fraction of sp³-hybridized carbons (Fsp3) is 0.300. The number of hydrogen-bond acceptors (Lipinski definition) is 5. The smallest absolute Gasteiger partial charge is 0.416 e. The van der Waals surface area contributed by atoms with Crippen molar-refractivity contribution in [1.29, 1.82) is 0 Å². The highest BCUT2D eigenvalue weighted by molar-refractivity contribution is 6.03. The second-order valence-corrected chi connectivity index (χ2v) is 6.50. The molecule has 6 nitrogen and oxygen atoms in total. The van der Waals surface area contributed by atoms with Crippen molar-refractivity contribution in [2.75, 3.05) is 5.73 Å². The summed E-state index contributed by atoms with van der Waals surface area (Å²) in [7, 11) is 0. The van der Waals surface area contributed by atoms with Crippen molar-refractivity contribution in [2.45, 2.75) is 38.9 Å². The molecule has 0 aliphatic heterocycles. The Morgan fingerprint density at radius 1 is 1.17 bits per heavy atom. The lowest BCUT2D eigenvalue weighted by Gasteiger charge is -2.14.